The minimum atomic E-state index is -3.85. The molecule has 19 heavy (non-hydrogen) atoms. The number of nitrogens with zero attached hydrogens (tertiary/aromatic N) is 2. The number of hydrogen-bond acceptors (Lipinski definition) is 6. The Morgan fingerprint density at radius 3 is 2.79 bits per heavy atom. The molecule has 9 heteroatoms. The first-order valence-corrected chi connectivity index (χ1v) is 6.60. The molecule has 0 saturated carbocycles. The van der Waals surface area contributed by atoms with Gasteiger partial charge in [-0.1, -0.05) is 0 Å². The van der Waals surface area contributed by atoms with Crippen LogP contribution in [-0.4, -0.2) is 22.6 Å². The lowest BCUT2D eigenvalue weighted by atomic mass is 10.3. The second-order valence-corrected chi connectivity index (χ2v) is 5.59. The summed E-state index contributed by atoms with van der Waals surface area (Å²) in [5, 5.41) is 3.65. The SMILES string of the molecule is Nc1ccn(S(=O)(=O)c2ccc3[nH]c(=O)oc3c2)n1. The molecule has 0 unspecified atom stereocenters. The molecule has 0 atom stereocenters. The molecule has 3 rings (SSSR count). The van der Waals surface area contributed by atoms with Crippen molar-refractivity contribution in [1.29, 1.82) is 0 Å². The van der Waals surface area contributed by atoms with Crippen molar-refractivity contribution in [3.8, 4) is 0 Å². The molecule has 0 aliphatic rings. The number of aromatic nitrogens is 3. The number of oxazole rings is 1. The van der Waals surface area contributed by atoms with E-state index < -0.39 is 15.8 Å². The summed E-state index contributed by atoms with van der Waals surface area (Å²) in [7, 11) is -3.85. The third kappa shape index (κ3) is 1.80. The molecule has 2 aromatic heterocycles. The fraction of sp³-hybridized carbons (Fsp3) is 0. The van der Waals surface area contributed by atoms with Gasteiger partial charge >= 0.3 is 5.76 Å². The zero-order valence-corrected chi connectivity index (χ0v) is 10.2. The van der Waals surface area contributed by atoms with Crippen LogP contribution in [0.3, 0.4) is 0 Å². The van der Waals surface area contributed by atoms with E-state index in [0.29, 0.717) is 5.52 Å². The molecule has 8 nitrogen and oxygen atoms in total. The van der Waals surface area contributed by atoms with Gasteiger partial charge in [-0.2, -0.15) is 12.5 Å². The number of H-pyrrole nitrogens is 1. The molecular weight excluding hydrogens is 272 g/mol. The van der Waals surface area contributed by atoms with Crippen molar-refractivity contribution in [3.05, 3.63) is 41.0 Å². The number of hydrogen-bond donors (Lipinski definition) is 2. The Morgan fingerprint density at radius 1 is 1.32 bits per heavy atom. The molecule has 0 spiro atoms. The number of nitrogen functional groups attached to an aromatic ring is 1. The minimum absolute atomic E-state index is 0.0501. The van der Waals surface area contributed by atoms with E-state index in [1.54, 1.807) is 0 Å². The fourth-order valence-corrected chi connectivity index (χ4v) is 2.78. The zero-order valence-electron chi connectivity index (χ0n) is 9.40. The maximum atomic E-state index is 12.2. The number of nitrogens with one attached hydrogen (secondary N) is 1. The van der Waals surface area contributed by atoms with Crippen LogP contribution in [0.15, 0.2) is 44.6 Å². The van der Waals surface area contributed by atoms with E-state index in [0.717, 1.165) is 4.09 Å². The lowest BCUT2D eigenvalue weighted by molar-refractivity contribution is 0.553. The number of anilines is 1. The highest BCUT2D eigenvalue weighted by Crippen LogP contribution is 2.19. The summed E-state index contributed by atoms with van der Waals surface area (Å²) in [6, 6.07) is 5.41. The molecule has 3 aromatic rings. The van der Waals surface area contributed by atoms with Crippen molar-refractivity contribution in [3.63, 3.8) is 0 Å². The summed E-state index contributed by atoms with van der Waals surface area (Å²) in [6.07, 6.45) is 1.24. The van der Waals surface area contributed by atoms with Gasteiger partial charge < -0.3 is 10.2 Å². The largest absolute Gasteiger partial charge is 0.417 e. The van der Waals surface area contributed by atoms with E-state index in [2.05, 4.69) is 10.1 Å². The summed E-state index contributed by atoms with van der Waals surface area (Å²) in [4.78, 5) is 13.4. The monoisotopic (exact) mass is 280 g/mol. The van der Waals surface area contributed by atoms with Crippen LogP contribution in [0.4, 0.5) is 5.82 Å². The third-order valence-corrected chi connectivity index (χ3v) is 4.07. The van der Waals surface area contributed by atoms with Crippen LogP contribution in [-0.2, 0) is 10.0 Å². The van der Waals surface area contributed by atoms with E-state index in [1.807, 2.05) is 0 Å². The smallest absolute Gasteiger partial charge is 0.408 e. The number of benzene rings is 1. The maximum Gasteiger partial charge on any atom is 0.417 e. The lowest BCUT2D eigenvalue weighted by Gasteiger charge is -2.03. The molecule has 1 aromatic carbocycles. The molecule has 0 amide bonds. The summed E-state index contributed by atoms with van der Waals surface area (Å²) >= 11 is 0. The Hall–Kier alpha value is -2.55. The lowest BCUT2D eigenvalue weighted by Crippen LogP contribution is -2.13. The first-order chi connectivity index (χ1) is 8.96. The molecular formula is C10H8N4O4S. The highest BCUT2D eigenvalue weighted by Gasteiger charge is 2.19. The summed E-state index contributed by atoms with van der Waals surface area (Å²) in [5.41, 5.74) is 5.96. The van der Waals surface area contributed by atoms with E-state index in [-0.39, 0.29) is 16.3 Å². The van der Waals surface area contributed by atoms with Crippen LogP contribution >= 0.6 is 0 Å². The average Bonchev–Trinajstić information content (AvgIpc) is 2.93. The summed E-state index contributed by atoms with van der Waals surface area (Å²) < 4.78 is 30.0. The number of rotatable bonds is 2. The average molecular weight is 280 g/mol. The first kappa shape index (κ1) is 11.5. The summed E-state index contributed by atoms with van der Waals surface area (Å²) in [6.45, 7) is 0. The van der Waals surface area contributed by atoms with Gasteiger partial charge in [-0.25, -0.2) is 4.79 Å². The second kappa shape index (κ2) is 3.72. The Kier molecular flexibility index (Phi) is 2.26. The zero-order chi connectivity index (χ0) is 13.6. The van der Waals surface area contributed by atoms with Crippen molar-refractivity contribution in [2.75, 3.05) is 5.73 Å². The Bertz CT molecular complexity index is 918. The maximum absolute atomic E-state index is 12.2. The molecule has 0 aliphatic heterocycles. The topological polar surface area (TPSA) is 124 Å². The van der Waals surface area contributed by atoms with Crippen LogP contribution in [0.5, 0.6) is 0 Å². The predicted molar refractivity (Wildman–Crippen MR) is 66.1 cm³/mol. The molecule has 2 heterocycles. The Morgan fingerprint density at radius 2 is 2.11 bits per heavy atom. The minimum Gasteiger partial charge on any atom is -0.408 e. The molecule has 0 fully saturated rings. The van der Waals surface area contributed by atoms with Gasteiger partial charge in [0.25, 0.3) is 10.0 Å². The second-order valence-electron chi connectivity index (χ2n) is 3.79. The molecule has 98 valence electrons. The van der Waals surface area contributed by atoms with Crippen molar-refractivity contribution in [2.45, 2.75) is 4.90 Å². The quantitative estimate of drug-likeness (QED) is 0.687. The van der Waals surface area contributed by atoms with Gasteiger partial charge in [-0.3, -0.25) is 4.98 Å². The van der Waals surface area contributed by atoms with Gasteiger partial charge in [-0.15, -0.1) is 5.10 Å². The van der Waals surface area contributed by atoms with Gasteiger partial charge in [0, 0.05) is 18.3 Å². The Labute approximate surface area is 106 Å². The van der Waals surface area contributed by atoms with Gasteiger partial charge in [-0.05, 0) is 12.1 Å². The highest BCUT2D eigenvalue weighted by atomic mass is 32.2. The molecule has 0 radical (unpaired) electrons. The normalized spacial score (nSPS) is 12.0. The van der Waals surface area contributed by atoms with Gasteiger partial charge in [0.15, 0.2) is 5.58 Å². The Balaban J connectivity index is 2.20. The van der Waals surface area contributed by atoms with Gasteiger partial charge in [0.05, 0.1) is 10.4 Å². The number of aromatic amines is 1. The highest BCUT2D eigenvalue weighted by molar-refractivity contribution is 7.89. The van der Waals surface area contributed by atoms with Crippen LogP contribution in [0.25, 0.3) is 11.1 Å². The molecule has 0 saturated heterocycles. The number of nitrogens with two attached hydrogens (primary N) is 1. The van der Waals surface area contributed by atoms with Gasteiger partial charge in [0.1, 0.15) is 5.82 Å². The molecule has 3 N–H and O–H groups in total. The van der Waals surface area contributed by atoms with Crippen LogP contribution in [0.1, 0.15) is 0 Å². The van der Waals surface area contributed by atoms with E-state index in [1.165, 1.54) is 30.5 Å². The van der Waals surface area contributed by atoms with Gasteiger partial charge in [0.2, 0.25) is 0 Å². The standard InChI is InChI=1S/C10H8N4O4S/c11-9-3-4-14(13-9)19(16,17)6-1-2-7-8(5-6)18-10(15)12-7/h1-5H,(H2,11,13)(H,12,15). The first-order valence-electron chi connectivity index (χ1n) is 5.16. The molecule has 0 bridgehead atoms. The summed E-state index contributed by atoms with van der Waals surface area (Å²) in [5.74, 6) is -0.550. The van der Waals surface area contributed by atoms with E-state index >= 15 is 0 Å². The van der Waals surface area contributed by atoms with E-state index in [4.69, 9.17) is 10.2 Å². The van der Waals surface area contributed by atoms with Crippen molar-refractivity contribution in [1.82, 2.24) is 14.2 Å². The van der Waals surface area contributed by atoms with Crippen LogP contribution in [0, 0.1) is 0 Å². The van der Waals surface area contributed by atoms with Crippen molar-refractivity contribution >= 4 is 26.9 Å². The third-order valence-electron chi connectivity index (χ3n) is 2.52. The fourth-order valence-electron chi connectivity index (χ4n) is 1.65. The van der Waals surface area contributed by atoms with Crippen molar-refractivity contribution in [2.24, 2.45) is 0 Å². The van der Waals surface area contributed by atoms with Crippen LogP contribution < -0.4 is 11.5 Å². The van der Waals surface area contributed by atoms with Crippen LogP contribution in [0.2, 0.25) is 0 Å². The number of fused-ring (bicyclic) bond motifs is 1. The predicted octanol–water partition coefficient (Wildman–Crippen LogP) is 0.137. The van der Waals surface area contributed by atoms with E-state index in [9.17, 15) is 13.2 Å². The molecule has 0 aliphatic carbocycles. The van der Waals surface area contributed by atoms with Crippen molar-refractivity contribution < 1.29 is 12.8 Å².